The minimum Gasteiger partial charge on any atom is -0.508 e. The Bertz CT molecular complexity index is 725. The van der Waals surface area contributed by atoms with Crippen LogP contribution in [0.3, 0.4) is 0 Å². The van der Waals surface area contributed by atoms with Crippen molar-refractivity contribution in [3.8, 4) is 5.75 Å². The van der Waals surface area contributed by atoms with E-state index >= 15 is 0 Å². The number of halogens is 1. The van der Waals surface area contributed by atoms with Crippen molar-refractivity contribution < 1.29 is 10.2 Å². The number of phenols is 1. The molecule has 0 fully saturated rings. The van der Waals surface area contributed by atoms with Crippen molar-refractivity contribution in [2.75, 3.05) is 20.6 Å². The van der Waals surface area contributed by atoms with Gasteiger partial charge in [-0.3, -0.25) is 0 Å². The van der Waals surface area contributed by atoms with Crippen LogP contribution >= 0.6 is 12.4 Å². The quantitative estimate of drug-likeness (QED) is 0.908. The molecule has 0 amide bonds. The highest BCUT2D eigenvalue weighted by Crippen LogP contribution is 2.37. The maximum Gasteiger partial charge on any atom is 0.116 e. The maximum atomic E-state index is 10.6. The average Bonchev–Trinajstić information content (AvgIpc) is 2.47. The van der Waals surface area contributed by atoms with E-state index in [-0.39, 0.29) is 18.2 Å². The Labute approximate surface area is 143 Å². The van der Waals surface area contributed by atoms with Crippen molar-refractivity contribution in [3.63, 3.8) is 0 Å². The summed E-state index contributed by atoms with van der Waals surface area (Å²) in [6.07, 6.45) is 0.149. The SMILES string of the molecule is CN(C)CC1=C(c2cccc(O)c2)c2ccccc2CC1O.Cl. The standard InChI is InChI=1S/C19H21NO2.ClH/c1-20(2)12-17-18(22)11-13-6-3-4-9-16(13)19(17)14-7-5-8-15(21)10-14;/h3-10,18,21-22H,11-12H2,1-2H3;1H. The molecule has 0 spiro atoms. The molecule has 1 aliphatic carbocycles. The molecular formula is C19H22ClNO2. The number of rotatable bonds is 3. The molecule has 0 saturated heterocycles. The average molecular weight is 332 g/mol. The Morgan fingerprint density at radius 1 is 1.09 bits per heavy atom. The van der Waals surface area contributed by atoms with Crippen molar-refractivity contribution in [3.05, 3.63) is 70.8 Å². The van der Waals surface area contributed by atoms with Gasteiger partial charge >= 0.3 is 0 Å². The van der Waals surface area contributed by atoms with Gasteiger partial charge in [-0.1, -0.05) is 36.4 Å². The molecule has 2 N–H and O–H groups in total. The molecule has 1 aliphatic rings. The fourth-order valence-corrected chi connectivity index (χ4v) is 3.14. The van der Waals surface area contributed by atoms with Gasteiger partial charge in [0.2, 0.25) is 0 Å². The molecule has 2 aromatic rings. The van der Waals surface area contributed by atoms with Gasteiger partial charge in [-0.2, -0.15) is 0 Å². The minimum atomic E-state index is -0.491. The summed E-state index contributed by atoms with van der Waals surface area (Å²) in [6, 6.07) is 15.4. The maximum absolute atomic E-state index is 10.6. The van der Waals surface area contributed by atoms with Crippen LogP contribution < -0.4 is 0 Å². The zero-order valence-corrected chi connectivity index (χ0v) is 14.2. The molecule has 3 rings (SSSR count). The second-order valence-corrected chi connectivity index (χ2v) is 6.07. The first-order valence-corrected chi connectivity index (χ1v) is 7.50. The van der Waals surface area contributed by atoms with Gasteiger partial charge in [0.05, 0.1) is 6.10 Å². The highest BCUT2D eigenvalue weighted by molar-refractivity contribution is 5.86. The van der Waals surface area contributed by atoms with Crippen molar-refractivity contribution in [2.45, 2.75) is 12.5 Å². The van der Waals surface area contributed by atoms with E-state index in [0.29, 0.717) is 13.0 Å². The number of aliphatic hydroxyl groups excluding tert-OH is 1. The molecule has 0 bridgehead atoms. The third-order valence-corrected chi connectivity index (χ3v) is 4.04. The van der Waals surface area contributed by atoms with Crippen molar-refractivity contribution in [1.82, 2.24) is 4.90 Å². The van der Waals surface area contributed by atoms with Gasteiger partial charge in [-0.05, 0) is 54.1 Å². The van der Waals surface area contributed by atoms with Gasteiger partial charge in [-0.25, -0.2) is 0 Å². The first-order valence-electron chi connectivity index (χ1n) is 7.50. The number of phenolic OH excluding ortho intramolecular Hbond substituents is 1. The van der Waals surface area contributed by atoms with Crippen LogP contribution in [0, 0.1) is 0 Å². The van der Waals surface area contributed by atoms with Crippen LogP contribution in [-0.4, -0.2) is 41.9 Å². The number of aliphatic hydroxyl groups is 1. The summed E-state index contributed by atoms with van der Waals surface area (Å²) in [7, 11) is 4.00. The fourth-order valence-electron chi connectivity index (χ4n) is 3.14. The van der Waals surface area contributed by atoms with Gasteiger partial charge in [0, 0.05) is 13.0 Å². The van der Waals surface area contributed by atoms with Crippen LogP contribution in [0.4, 0.5) is 0 Å². The number of nitrogens with zero attached hydrogens (tertiary/aromatic N) is 1. The lowest BCUT2D eigenvalue weighted by molar-refractivity contribution is 0.199. The second-order valence-electron chi connectivity index (χ2n) is 6.07. The number of fused-ring (bicyclic) bond motifs is 1. The van der Waals surface area contributed by atoms with Crippen LogP contribution in [0.5, 0.6) is 5.75 Å². The third-order valence-electron chi connectivity index (χ3n) is 4.04. The number of benzene rings is 2. The zero-order chi connectivity index (χ0) is 15.7. The predicted molar refractivity (Wildman–Crippen MR) is 96.1 cm³/mol. The second kappa shape index (κ2) is 7.18. The van der Waals surface area contributed by atoms with Gasteiger partial charge in [0.1, 0.15) is 5.75 Å². The van der Waals surface area contributed by atoms with E-state index in [1.54, 1.807) is 12.1 Å². The van der Waals surface area contributed by atoms with Crippen molar-refractivity contribution in [2.24, 2.45) is 0 Å². The Balaban J connectivity index is 0.00000192. The largest absolute Gasteiger partial charge is 0.508 e. The summed E-state index contributed by atoms with van der Waals surface area (Å²) in [4.78, 5) is 2.06. The van der Waals surface area contributed by atoms with Gasteiger partial charge in [0.15, 0.2) is 0 Å². The first kappa shape index (κ1) is 17.5. The first-order chi connectivity index (χ1) is 10.6. The van der Waals surface area contributed by atoms with E-state index in [2.05, 4.69) is 17.0 Å². The zero-order valence-electron chi connectivity index (χ0n) is 13.4. The van der Waals surface area contributed by atoms with E-state index in [9.17, 15) is 10.2 Å². The van der Waals surface area contributed by atoms with E-state index < -0.39 is 6.10 Å². The van der Waals surface area contributed by atoms with Gasteiger partial charge in [-0.15, -0.1) is 12.4 Å². The third kappa shape index (κ3) is 3.58. The summed E-state index contributed by atoms with van der Waals surface area (Å²) in [6.45, 7) is 0.695. The monoisotopic (exact) mass is 331 g/mol. The molecule has 3 nitrogen and oxygen atoms in total. The molecule has 0 saturated carbocycles. The predicted octanol–water partition coefficient (Wildman–Crippen LogP) is 3.09. The molecule has 23 heavy (non-hydrogen) atoms. The number of aromatic hydroxyl groups is 1. The van der Waals surface area contributed by atoms with E-state index in [1.807, 2.05) is 38.4 Å². The van der Waals surface area contributed by atoms with Crippen LogP contribution in [0.15, 0.2) is 54.1 Å². The lowest BCUT2D eigenvalue weighted by Crippen LogP contribution is -2.29. The Morgan fingerprint density at radius 3 is 2.52 bits per heavy atom. The number of hydrogen-bond acceptors (Lipinski definition) is 3. The van der Waals surface area contributed by atoms with Gasteiger partial charge in [0.25, 0.3) is 0 Å². The summed E-state index contributed by atoms with van der Waals surface area (Å²) in [5.74, 6) is 0.242. The molecule has 1 unspecified atom stereocenters. The van der Waals surface area contributed by atoms with Gasteiger partial charge < -0.3 is 15.1 Å². The van der Waals surface area contributed by atoms with Crippen LogP contribution in [0.1, 0.15) is 16.7 Å². The molecule has 0 radical (unpaired) electrons. The van der Waals surface area contributed by atoms with E-state index in [1.165, 1.54) is 0 Å². The number of hydrogen-bond donors (Lipinski definition) is 2. The highest BCUT2D eigenvalue weighted by Gasteiger charge is 2.26. The molecule has 0 aromatic heterocycles. The summed E-state index contributed by atoms with van der Waals surface area (Å²) >= 11 is 0. The Morgan fingerprint density at radius 2 is 1.83 bits per heavy atom. The van der Waals surface area contributed by atoms with Crippen molar-refractivity contribution >= 4 is 18.0 Å². The van der Waals surface area contributed by atoms with E-state index in [4.69, 9.17) is 0 Å². The normalized spacial score (nSPS) is 17.0. The van der Waals surface area contributed by atoms with Crippen molar-refractivity contribution in [1.29, 1.82) is 0 Å². The molecule has 2 aromatic carbocycles. The topological polar surface area (TPSA) is 43.7 Å². The Kier molecular flexibility index (Phi) is 5.47. The summed E-state index contributed by atoms with van der Waals surface area (Å²) in [5.41, 5.74) is 5.29. The van der Waals surface area contributed by atoms with Crippen LogP contribution in [0.25, 0.3) is 5.57 Å². The molecule has 0 aliphatic heterocycles. The molecular weight excluding hydrogens is 310 g/mol. The lowest BCUT2D eigenvalue weighted by Gasteiger charge is -2.29. The number of likely N-dealkylation sites (N-methyl/N-ethyl adjacent to an activating group) is 1. The summed E-state index contributed by atoms with van der Waals surface area (Å²) in [5, 5.41) is 20.4. The smallest absolute Gasteiger partial charge is 0.116 e. The summed E-state index contributed by atoms with van der Waals surface area (Å²) < 4.78 is 0. The van der Waals surface area contributed by atoms with Crippen LogP contribution in [0.2, 0.25) is 0 Å². The van der Waals surface area contributed by atoms with E-state index in [0.717, 1.165) is 27.8 Å². The molecule has 0 heterocycles. The minimum absolute atomic E-state index is 0. The lowest BCUT2D eigenvalue weighted by atomic mass is 9.80. The molecule has 4 heteroatoms. The molecule has 122 valence electrons. The molecule has 1 atom stereocenters. The Hall–Kier alpha value is -1.81. The highest BCUT2D eigenvalue weighted by atomic mass is 35.5. The fraction of sp³-hybridized carbons (Fsp3) is 0.263. The van der Waals surface area contributed by atoms with Crippen LogP contribution in [-0.2, 0) is 6.42 Å².